The molecule has 1 aromatic heterocycles. The van der Waals surface area contributed by atoms with Crippen LogP contribution in [0.1, 0.15) is 30.8 Å². The first-order valence-corrected chi connectivity index (χ1v) is 10.6. The van der Waals surface area contributed by atoms with Crippen LogP contribution in [0.3, 0.4) is 0 Å². The number of aliphatic hydroxyl groups is 1. The van der Waals surface area contributed by atoms with Gasteiger partial charge in [-0.1, -0.05) is 0 Å². The number of anilines is 1. The highest BCUT2D eigenvalue weighted by Crippen LogP contribution is 2.39. The van der Waals surface area contributed by atoms with Crippen LogP contribution in [0.5, 0.6) is 11.5 Å². The number of halogens is 3. The Balaban J connectivity index is 1.95. The summed E-state index contributed by atoms with van der Waals surface area (Å²) in [5.74, 6) is -2.65. The Morgan fingerprint density at radius 2 is 1.74 bits per heavy atom. The lowest BCUT2D eigenvalue weighted by molar-refractivity contribution is -0.168. The SMILES string of the molecule is COCCOc1cc2c(NCc3cc(F)cc(C(F)(F)C(C)(C)O)c3)nc(C)nc2cc1OC. The number of methoxy groups -OCH3 is 2. The second-order valence-corrected chi connectivity index (χ2v) is 8.32. The number of hydrogen-bond donors (Lipinski definition) is 2. The lowest BCUT2D eigenvalue weighted by atomic mass is 9.92. The van der Waals surface area contributed by atoms with Crippen LogP contribution in [-0.2, 0) is 17.2 Å². The quantitative estimate of drug-likeness (QED) is 0.412. The monoisotopic (exact) mass is 479 g/mol. The molecule has 2 aromatic carbocycles. The van der Waals surface area contributed by atoms with Crippen molar-refractivity contribution in [2.24, 2.45) is 0 Å². The fourth-order valence-electron chi connectivity index (χ4n) is 3.37. The van der Waals surface area contributed by atoms with Crippen molar-refractivity contribution in [1.82, 2.24) is 9.97 Å². The van der Waals surface area contributed by atoms with Crippen molar-refractivity contribution in [3.8, 4) is 11.5 Å². The Kier molecular flexibility index (Phi) is 7.52. The van der Waals surface area contributed by atoms with Gasteiger partial charge in [0, 0.05) is 30.7 Å². The normalized spacial score (nSPS) is 12.1. The van der Waals surface area contributed by atoms with Crippen LogP contribution >= 0.6 is 0 Å². The van der Waals surface area contributed by atoms with Gasteiger partial charge in [0.15, 0.2) is 11.5 Å². The number of aryl methyl sites for hydroxylation is 1. The van der Waals surface area contributed by atoms with Crippen molar-refractivity contribution in [3.63, 3.8) is 0 Å². The van der Waals surface area contributed by atoms with Crippen LogP contribution < -0.4 is 14.8 Å². The Morgan fingerprint density at radius 3 is 2.38 bits per heavy atom. The van der Waals surface area contributed by atoms with Crippen molar-refractivity contribution in [2.75, 3.05) is 32.8 Å². The Hall–Kier alpha value is -3.11. The van der Waals surface area contributed by atoms with Gasteiger partial charge >= 0.3 is 5.92 Å². The van der Waals surface area contributed by atoms with Gasteiger partial charge in [-0.05, 0) is 50.6 Å². The number of aromatic nitrogens is 2. The third kappa shape index (κ3) is 5.51. The highest BCUT2D eigenvalue weighted by atomic mass is 19.3. The predicted octanol–water partition coefficient (Wildman–Crippen LogP) is 4.59. The molecule has 0 aliphatic heterocycles. The van der Waals surface area contributed by atoms with E-state index in [2.05, 4.69) is 15.3 Å². The summed E-state index contributed by atoms with van der Waals surface area (Å²) in [6.07, 6.45) is 0. The molecule has 184 valence electrons. The molecule has 0 bridgehead atoms. The molecule has 0 atom stereocenters. The molecule has 7 nitrogen and oxygen atoms in total. The van der Waals surface area contributed by atoms with Crippen molar-refractivity contribution in [3.05, 3.63) is 53.1 Å². The largest absolute Gasteiger partial charge is 0.493 e. The number of alkyl halides is 2. The Morgan fingerprint density at radius 1 is 1.00 bits per heavy atom. The fraction of sp³-hybridized carbons (Fsp3) is 0.417. The van der Waals surface area contributed by atoms with Gasteiger partial charge in [-0.25, -0.2) is 14.4 Å². The van der Waals surface area contributed by atoms with E-state index in [1.807, 2.05) is 0 Å². The average Bonchev–Trinajstić information content (AvgIpc) is 2.76. The van der Waals surface area contributed by atoms with Gasteiger partial charge < -0.3 is 24.6 Å². The molecule has 3 rings (SSSR count). The van der Waals surface area contributed by atoms with Gasteiger partial charge in [-0.2, -0.15) is 8.78 Å². The molecule has 3 aromatic rings. The summed E-state index contributed by atoms with van der Waals surface area (Å²) in [5, 5.41) is 13.5. The second-order valence-electron chi connectivity index (χ2n) is 8.32. The summed E-state index contributed by atoms with van der Waals surface area (Å²) in [7, 11) is 3.08. The van der Waals surface area contributed by atoms with Crippen LogP contribution in [0.25, 0.3) is 10.9 Å². The van der Waals surface area contributed by atoms with E-state index in [1.165, 1.54) is 7.11 Å². The molecule has 34 heavy (non-hydrogen) atoms. The zero-order chi connectivity index (χ0) is 25.1. The standard InChI is InChI=1S/C24H28F3N3O4/c1-14-29-19-12-20(33-5)21(34-7-6-32-4)11-18(19)22(30-14)28-13-15-8-16(10-17(25)9-15)24(26,27)23(2,3)31/h8-12,31H,6-7,13H2,1-5H3,(H,28,29,30). The molecule has 0 aliphatic carbocycles. The highest BCUT2D eigenvalue weighted by Gasteiger charge is 2.47. The van der Waals surface area contributed by atoms with Crippen LogP contribution in [-0.4, -0.2) is 48.1 Å². The maximum absolute atomic E-state index is 14.6. The summed E-state index contributed by atoms with van der Waals surface area (Å²) in [5.41, 5.74) is -2.13. The molecular weight excluding hydrogens is 451 g/mol. The number of nitrogens with one attached hydrogen (secondary N) is 1. The summed E-state index contributed by atoms with van der Waals surface area (Å²) < 4.78 is 59.5. The summed E-state index contributed by atoms with van der Waals surface area (Å²) in [4.78, 5) is 8.84. The highest BCUT2D eigenvalue weighted by molar-refractivity contribution is 5.91. The van der Waals surface area contributed by atoms with Gasteiger partial charge in [0.25, 0.3) is 0 Å². The van der Waals surface area contributed by atoms with Gasteiger partial charge in [-0.3, -0.25) is 0 Å². The molecule has 0 fully saturated rings. The van der Waals surface area contributed by atoms with E-state index in [1.54, 1.807) is 26.2 Å². The van der Waals surface area contributed by atoms with E-state index in [9.17, 15) is 18.3 Å². The number of rotatable bonds is 10. The second kappa shape index (κ2) is 10.0. The maximum Gasteiger partial charge on any atom is 0.300 e. The van der Waals surface area contributed by atoms with Crippen LogP contribution in [0.4, 0.5) is 19.0 Å². The zero-order valence-electron chi connectivity index (χ0n) is 19.7. The number of ether oxygens (including phenoxy) is 3. The number of benzene rings is 2. The minimum absolute atomic E-state index is 0.00411. The predicted molar refractivity (Wildman–Crippen MR) is 122 cm³/mol. The molecule has 1 heterocycles. The average molecular weight is 479 g/mol. The van der Waals surface area contributed by atoms with Gasteiger partial charge in [0.2, 0.25) is 0 Å². The molecule has 0 spiro atoms. The summed E-state index contributed by atoms with van der Waals surface area (Å²) in [6, 6.07) is 6.45. The van der Waals surface area contributed by atoms with Crippen molar-refractivity contribution >= 4 is 16.7 Å². The summed E-state index contributed by atoms with van der Waals surface area (Å²) in [6.45, 7) is 4.36. The van der Waals surface area contributed by atoms with E-state index in [-0.39, 0.29) is 12.1 Å². The molecule has 0 aliphatic rings. The summed E-state index contributed by atoms with van der Waals surface area (Å²) >= 11 is 0. The van der Waals surface area contributed by atoms with E-state index < -0.39 is 22.9 Å². The minimum atomic E-state index is -3.65. The number of hydrogen-bond acceptors (Lipinski definition) is 7. The van der Waals surface area contributed by atoms with Crippen LogP contribution in [0.15, 0.2) is 30.3 Å². The Bertz CT molecular complexity index is 1170. The first kappa shape index (κ1) is 25.5. The van der Waals surface area contributed by atoms with E-state index in [4.69, 9.17) is 14.2 Å². The lowest BCUT2D eigenvalue weighted by Gasteiger charge is -2.29. The zero-order valence-corrected chi connectivity index (χ0v) is 19.7. The van der Waals surface area contributed by atoms with Gasteiger partial charge in [0.1, 0.15) is 29.7 Å². The minimum Gasteiger partial charge on any atom is -0.493 e. The first-order chi connectivity index (χ1) is 16.0. The number of nitrogens with zero attached hydrogens (tertiary/aromatic N) is 2. The third-order valence-corrected chi connectivity index (χ3v) is 5.19. The van der Waals surface area contributed by atoms with E-state index >= 15 is 0 Å². The maximum atomic E-state index is 14.6. The third-order valence-electron chi connectivity index (χ3n) is 5.19. The lowest BCUT2D eigenvalue weighted by Crippen LogP contribution is -2.40. The van der Waals surface area contributed by atoms with Crippen molar-refractivity contribution in [1.29, 1.82) is 0 Å². The molecule has 0 amide bonds. The van der Waals surface area contributed by atoms with Crippen LogP contribution in [0, 0.1) is 12.7 Å². The molecule has 0 saturated heterocycles. The van der Waals surface area contributed by atoms with Crippen LogP contribution in [0.2, 0.25) is 0 Å². The van der Waals surface area contributed by atoms with Crippen molar-refractivity contribution < 1.29 is 32.5 Å². The smallest absolute Gasteiger partial charge is 0.300 e. The molecule has 2 N–H and O–H groups in total. The molecule has 0 saturated carbocycles. The molecule has 10 heteroatoms. The molecular formula is C24H28F3N3O4. The van der Waals surface area contributed by atoms with E-state index in [0.29, 0.717) is 47.3 Å². The van der Waals surface area contributed by atoms with Gasteiger partial charge in [0.05, 0.1) is 19.2 Å². The van der Waals surface area contributed by atoms with Crippen molar-refractivity contribution in [2.45, 2.75) is 38.8 Å². The molecule has 0 radical (unpaired) electrons. The Labute approximate surface area is 195 Å². The number of fused-ring (bicyclic) bond motifs is 1. The van der Waals surface area contributed by atoms with Gasteiger partial charge in [-0.15, -0.1) is 0 Å². The van der Waals surface area contributed by atoms with E-state index in [0.717, 1.165) is 32.0 Å². The first-order valence-electron chi connectivity index (χ1n) is 10.6. The topological polar surface area (TPSA) is 85.7 Å². The molecule has 0 unspecified atom stereocenters. The fourth-order valence-corrected chi connectivity index (χ4v) is 3.37.